The van der Waals surface area contributed by atoms with Crippen molar-refractivity contribution < 1.29 is 19.5 Å². The number of rotatable bonds is 15. The van der Waals surface area contributed by atoms with E-state index in [1.807, 2.05) is 0 Å². The zero-order valence-corrected chi connectivity index (χ0v) is 13.8. The van der Waals surface area contributed by atoms with Gasteiger partial charge in [-0.1, -0.05) is 58.3 Å². The molecule has 0 aromatic carbocycles. The molecule has 0 aromatic heterocycles. The highest BCUT2D eigenvalue weighted by molar-refractivity contribution is 5.83. The minimum atomic E-state index is -1.08. The number of unbranched alkanes of at least 4 members (excludes halogenated alkanes) is 8. The molecule has 0 saturated carbocycles. The van der Waals surface area contributed by atoms with Crippen molar-refractivity contribution in [2.75, 3.05) is 0 Å². The van der Waals surface area contributed by atoms with Crippen LogP contribution in [0.4, 0.5) is 0 Å². The highest BCUT2D eigenvalue weighted by Crippen LogP contribution is 2.10. The van der Waals surface area contributed by atoms with Crippen molar-refractivity contribution in [1.29, 1.82) is 0 Å². The molecular formula is C17H31NO4. The van der Waals surface area contributed by atoms with E-state index in [1.165, 1.54) is 38.5 Å². The van der Waals surface area contributed by atoms with Gasteiger partial charge < -0.3 is 15.2 Å². The second kappa shape index (κ2) is 14.5. The number of amides is 1. The Balaban J connectivity index is 3.59. The van der Waals surface area contributed by atoms with Gasteiger partial charge in [-0.15, -0.1) is 0 Å². The maximum Gasteiger partial charge on any atom is 0.326 e. The van der Waals surface area contributed by atoms with Gasteiger partial charge in [-0.05, 0) is 12.8 Å². The quantitative estimate of drug-likeness (QED) is 0.358. The van der Waals surface area contributed by atoms with Crippen molar-refractivity contribution in [1.82, 2.24) is 5.32 Å². The summed E-state index contributed by atoms with van der Waals surface area (Å²) in [4.78, 5) is 32.9. The minimum absolute atomic E-state index is 0.148. The Labute approximate surface area is 133 Å². The molecule has 5 nitrogen and oxygen atoms in total. The molecule has 22 heavy (non-hydrogen) atoms. The van der Waals surface area contributed by atoms with E-state index in [-0.39, 0.29) is 18.7 Å². The molecule has 2 N–H and O–H groups in total. The topological polar surface area (TPSA) is 83.5 Å². The van der Waals surface area contributed by atoms with Gasteiger partial charge in [0.1, 0.15) is 12.3 Å². The van der Waals surface area contributed by atoms with E-state index < -0.39 is 12.0 Å². The third-order valence-electron chi connectivity index (χ3n) is 3.71. The number of aliphatic carboxylic acids is 1. The van der Waals surface area contributed by atoms with Crippen LogP contribution in [0.3, 0.4) is 0 Å². The lowest BCUT2D eigenvalue weighted by molar-refractivity contribution is -0.142. The van der Waals surface area contributed by atoms with Crippen molar-refractivity contribution in [3.63, 3.8) is 0 Å². The molecule has 0 bridgehead atoms. The van der Waals surface area contributed by atoms with E-state index in [0.717, 1.165) is 19.3 Å². The summed E-state index contributed by atoms with van der Waals surface area (Å²) in [5.74, 6) is -1.32. The van der Waals surface area contributed by atoms with Crippen LogP contribution in [-0.2, 0) is 14.4 Å². The summed E-state index contributed by atoms with van der Waals surface area (Å²) in [5, 5.41) is 11.4. The highest BCUT2D eigenvalue weighted by atomic mass is 16.4. The van der Waals surface area contributed by atoms with Gasteiger partial charge in [-0.3, -0.25) is 4.79 Å². The summed E-state index contributed by atoms with van der Waals surface area (Å²) < 4.78 is 0. The van der Waals surface area contributed by atoms with Gasteiger partial charge in [0.05, 0.1) is 0 Å². The van der Waals surface area contributed by atoms with Gasteiger partial charge in [0.2, 0.25) is 5.91 Å². The van der Waals surface area contributed by atoms with Gasteiger partial charge in [0.25, 0.3) is 0 Å². The van der Waals surface area contributed by atoms with Crippen molar-refractivity contribution in [2.24, 2.45) is 0 Å². The van der Waals surface area contributed by atoms with E-state index in [9.17, 15) is 14.4 Å². The molecule has 1 unspecified atom stereocenters. The first-order valence-electron chi connectivity index (χ1n) is 8.57. The summed E-state index contributed by atoms with van der Waals surface area (Å²) in [7, 11) is 0. The van der Waals surface area contributed by atoms with E-state index in [1.54, 1.807) is 0 Å². The zero-order valence-electron chi connectivity index (χ0n) is 13.8. The lowest BCUT2D eigenvalue weighted by Crippen LogP contribution is -2.40. The van der Waals surface area contributed by atoms with Crippen LogP contribution in [-0.4, -0.2) is 29.3 Å². The largest absolute Gasteiger partial charge is 0.480 e. The van der Waals surface area contributed by atoms with Crippen LogP contribution in [0, 0.1) is 0 Å². The predicted octanol–water partition coefficient (Wildman–Crippen LogP) is 3.46. The van der Waals surface area contributed by atoms with Crippen LogP contribution >= 0.6 is 0 Å². The number of carbonyl (C=O) groups excluding carboxylic acids is 2. The molecule has 5 heteroatoms. The fourth-order valence-corrected chi connectivity index (χ4v) is 2.35. The predicted molar refractivity (Wildman–Crippen MR) is 86.7 cm³/mol. The van der Waals surface area contributed by atoms with E-state index in [2.05, 4.69) is 12.2 Å². The molecule has 0 rings (SSSR count). The Hall–Kier alpha value is -1.39. The molecule has 128 valence electrons. The third-order valence-corrected chi connectivity index (χ3v) is 3.71. The standard InChI is InChI=1S/C17H31NO4/c1-2-3-4-5-6-7-8-9-10-13-16(20)18-15(17(21)22)12-11-14-19/h14-15H,2-13H2,1H3,(H,18,20)(H,21,22). The molecule has 0 fully saturated rings. The minimum Gasteiger partial charge on any atom is -0.480 e. The van der Waals surface area contributed by atoms with Crippen molar-refractivity contribution >= 4 is 18.2 Å². The van der Waals surface area contributed by atoms with Gasteiger partial charge in [0, 0.05) is 12.8 Å². The molecule has 0 aliphatic heterocycles. The monoisotopic (exact) mass is 313 g/mol. The molecule has 0 saturated heterocycles. The normalized spacial score (nSPS) is 11.9. The lowest BCUT2D eigenvalue weighted by Gasteiger charge is -2.13. The number of nitrogens with one attached hydrogen (secondary N) is 1. The second-order valence-electron chi connectivity index (χ2n) is 5.78. The van der Waals surface area contributed by atoms with Crippen LogP contribution in [0.1, 0.15) is 84.0 Å². The summed E-state index contributed by atoms with van der Waals surface area (Å²) in [5.41, 5.74) is 0. The Morgan fingerprint density at radius 1 is 1.00 bits per heavy atom. The van der Waals surface area contributed by atoms with Crippen LogP contribution in [0.25, 0.3) is 0 Å². The average molecular weight is 313 g/mol. The molecule has 0 aliphatic rings. The number of hydrogen-bond acceptors (Lipinski definition) is 3. The zero-order chi connectivity index (χ0) is 16.6. The van der Waals surface area contributed by atoms with Crippen molar-refractivity contribution in [3.8, 4) is 0 Å². The van der Waals surface area contributed by atoms with Crippen LogP contribution in [0.2, 0.25) is 0 Å². The Morgan fingerprint density at radius 2 is 1.55 bits per heavy atom. The maximum absolute atomic E-state index is 11.7. The smallest absolute Gasteiger partial charge is 0.326 e. The number of carboxylic acid groups (broad SMARTS) is 1. The number of aldehydes is 1. The maximum atomic E-state index is 11.7. The summed E-state index contributed by atoms with van der Waals surface area (Å²) in [6, 6.07) is -0.948. The van der Waals surface area contributed by atoms with Crippen LogP contribution in [0.5, 0.6) is 0 Å². The fraction of sp³-hybridized carbons (Fsp3) is 0.824. The molecule has 1 atom stereocenters. The van der Waals surface area contributed by atoms with E-state index in [0.29, 0.717) is 12.7 Å². The SMILES string of the molecule is CCCCCCCCCCCC(=O)NC(CCC=O)C(=O)O. The summed E-state index contributed by atoms with van der Waals surface area (Å²) in [6.07, 6.45) is 11.9. The fourth-order valence-electron chi connectivity index (χ4n) is 2.35. The first-order valence-corrected chi connectivity index (χ1v) is 8.57. The molecule has 0 aliphatic carbocycles. The molecule has 0 aromatic rings. The Bertz CT molecular complexity index is 318. The Kier molecular flexibility index (Phi) is 13.6. The molecule has 0 heterocycles. The number of carboxylic acids is 1. The molecular weight excluding hydrogens is 282 g/mol. The number of carbonyl (C=O) groups is 3. The summed E-state index contributed by atoms with van der Waals surface area (Å²) >= 11 is 0. The third kappa shape index (κ3) is 12.4. The number of hydrogen-bond donors (Lipinski definition) is 2. The van der Waals surface area contributed by atoms with E-state index >= 15 is 0 Å². The van der Waals surface area contributed by atoms with E-state index in [4.69, 9.17) is 5.11 Å². The summed E-state index contributed by atoms with van der Waals surface area (Å²) in [6.45, 7) is 2.21. The molecule has 0 spiro atoms. The van der Waals surface area contributed by atoms with Crippen molar-refractivity contribution in [3.05, 3.63) is 0 Å². The van der Waals surface area contributed by atoms with Crippen LogP contribution < -0.4 is 5.32 Å². The van der Waals surface area contributed by atoms with Gasteiger partial charge in [-0.25, -0.2) is 4.79 Å². The highest BCUT2D eigenvalue weighted by Gasteiger charge is 2.18. The molecule has 1 amide bonds. The van der Waals surface area contributed by atoms with Crippen LogP contribution in [0.15, 0.2) is 0 Å². The first kappa shape index (κ1) is 20.6. The van der Waals surface area contributed by atoms with Gasteiger partial charge in [-0.2, -0.15) is 0 Å². The lowest BCUT2D eigenvalue weighted by atomic mass is 10.1. The Morgan fingerprint density at radius 3 is 2.05 bits per heavy atom. The van der Waals surface area contributed by atoms with Crippen molar-refractivity contribution in [2.45, 2.75) is 90.0 Å². The van der Waals surface area contributed by atoms with Gasteiger partial charge >= 0.3 is 5.97 Å². The second-order valence-corrected chi connectivity index (χ2v) is 5.78. The first-order chi connectivity index (χ1) is 10.6. The average Bonchev–Trinajstić information content (AvgIpc) is 2.49. The van der Waals surface area contributed by atoms with Gasteiger partial charge in [0.15, 0.2) is 0 Å². The molecule has 0 radical (unpaired) electrons.